The third-order valence-corrected chi connectivity index (χ3v) is 2.06. The third kappa shape index (κ3) is 3.66. The van der Waals surface area contributed by atoms with Crippen LogP contribution in [0.2, 0.25) is 0 Å². The van der Waals surface area contributed by atoms with E-state index in [-0.39, 0.29) is 0 Å². The van der Waals surface area contributed by atoms with Gasteiger partial charge in [0.25, 0.3) is 0 Å². The largest absolute Gasteiger partial charge is 0.573 e. The van der Waals surface area contributed by atoms with E-state index in [1.165, 1.54) is 6.07 Å². The van der Waals surface area contributed by atoms with E-state index >= 15 is 0 Å². The highest BCUT2D eigenvalue weighted by molar-refractivity contribution is 5.49. The summed E-state index contributed by atoms with van der Waals surface area (Å²) in [7, 11) is 0.934. The van der Waals surface area contributed by atoms with Gasteiger partial charge in [0, 0.05) is 5.56 Å². The van der Waals surface area contributed by atoms with Crippen molar-refractivity contribution >= 4 is 0 Å². The van der Waals surface area contributed by atoms with Crippen molar-refractivity contribution in [2.24, 2.45) is 0 Å². The summed E-state index contributed by atoms with van der Waals surface area (Å²) >= 11 is 0. The number of halogens is 6. The molecular weight excluding hydrogens is 294 g/mol. The summed E-state index contributed by atoms with van der Waals surface area (Å²) in [6.45, 7) is 0. The molecule has 0 aliphatic carbocycles. The molecule has 0 bridgehead atoms. The van der Waals surface area contributed by atoms with Crippen molar-refractivity contribution in [1.29, 1.82) is 5.26 Å². The topological polar surface area (TPSA) is 55.1 Å². The summed E-state index contributed by atoms with van der Waals surface area (Å²) in [5, 5.41) is 8.47. The SMILES string of the molecule is COc1cnc(C(F)(F)F)c(CC#N)c1OC(F)(F)F. The number of methoxy groups -OCH3 is 1. The van der Waals surface area contributed by atoms with Gasteiger partial charge in [-0.25, -0.2) is 4.98 Å². The van der Waals surface area contributed by atoms with E-state index in [1.54, 1.807) is 0 Å². The van der Waals surface area contributed by atoms with Gasteiger partial charge < -0.3 is 9.47 Å². The first-order valence-electron chi connectivity index (χ1n) is 4.86. The molecule has 0 aromatic carbocycles. The molecular formula is C10H6F6N2O2. The van der Waals surface area contributed by atoms with Gasteiger partial charge in [-0.15, -0.1) is 13.2 Å². The van der Waals surface area contributed by atoms with Gasteiger partial charge in [0.1, 0.15) is 0 Å². The summed E-state index contributed by atoms with van der Waals surface area (Å²) in [5.74, 6) is -1.87. The maximum Gasteiger partial charge on any atom is 0.573 e. The molecule has 1 aromatic heterocycles. The second kappa shape index (κ2) is 5.44. The Morgan fingerprint density at radius 1 is 1.25 bits per heavy atom. The van der Waals surface area contributed by atoms with Crippen molar-refractivity contribution in [3.63, 3.8) is 0 Å². The molecule has 0 radical (unpaired) electrons. The number of pyridine rings is 1. The Kier molecular flexibility index (Phi) is 4.32. The molecule has 0 spiro atoms. The lowest BCUT2D eigenvalue weighted by Crippen LogP contribution is -2.21. The number of aromatic nitrogens is 1. The fourth-order valence-corrected chi connectivity index (χ4v) is 1.38. The zero-order valence-corrected chi connectivity index (χ0v) is 9.76. The standard InChI is InChI=1S/C10H6F6N2O2/c1-19-6-4-18-8(9(11,12)13)5(2-3-17)7(6)20-10(14,15)16/h4H,2H2,1H3. The molecule has 1 aromatic rings. The van der Waals surface area contributed by atoms with Crippen molar-refractivity contribution in [3.8, 4) is 17.6 Å². The van der Waals surface area contributed by atoms with Crippen LogP contribution in [0.3, 0.4) is 0 Å². The number of hydrogen-bond donors (Lipinski definition) is 0. The first-order chi connectivity index (χ1) is 9.10. The predicted octanol–water partition coefficient (Wildman–Crippen LogP) is 3.07. The molecule has 0 aliphatic rings. The van der Waals surface area contributed by atoms with Crippen molar-refractivity contribution in [1.82, 2.24) is 4.98 Å². The van der Waals surface area contributed by atoms with Crippen LogP contribution in [0, 0.1) is 11.3 Å². The minimum absolute atomic E-state index is 0.449. The second-order valence-electron chi connectivity index (χ2n) is 3.36. The van der Waals surface area contributed by atoms with E-state index in [1.807, 2.05) is 0 Å². The van der Waals surface area contributed by atoms with E-state index in [2.05, 4.69) is 14.5 Å². The van der Waals surface area contributed by atoms with Gasteiger partial charge in [0.15, 0.2) is 17.2 Å². The monoisotopic (exact) mass is 300 g/mol. The lowest BCUT2D eigenvalue weighted by molar-refractivity contribution is -0.275. The highest BCUT2D eigenvalue weighted by Crippen LogP contribution is 2.41. The molecule has 0 unspecified atom stereocenters. The van der Waals surface area contributed by atoms with Crippen LogP contribution in [0.1, 0.15) is 11.3 Å². The Bertz CT molecular complexity index is 532. The van der Waals surface area contributed by atoms with Crippen LogP contribution in [0.25, 0.3) is 0 Å². The van der Waals surface area contributed by atoms with Crippen LogP contribution in [0.5, 0.6) is 11.5 Å². The second-order valence-corrected chi connectivity index (χ2v) is 3.36. The van der Waals surface area contributed by atoms with Crippen molar-refractivity contribution in [2.75, 3.05) is 7.11 Å². The van der Waals surface area contributed by atoms with Gasteiger partial charge >= 0.3 is 12.5 Å². The van der Waals surface area contributed by atoms with Gasteiger partial charge in [0.2, 0.25) is 0 Å². The fourth-order valence-electron chi connectivity index (χ4n) is 1.38. The first-order valence-corrected chi connectivity index (χ1v) is 4.86. The lowest BCUT2D eigenvalue weighted by Gasteiger charge is -2.18. The van der Waals surface area contributed by atoms with Crippen LogP contribution in [-0.4, -0.2) is 18.5 Å². The molecule has 1 heterocycles. The molecule has 0 amide bonds. The molecule has 110 valence electrons. The van der Waals surface area contributed by atoms with E-state index in [0.717, 1.165) is 7.11 Å². The average Bonchev–Trinajstić information content (AvgIpc) is 2.28. The molecule has 4 nitrogen and oxygen atoms in total. The third-order valence-electron chi connectivity index (χ3n) is 2.06. The van der Waals surface area contributed by atoms with Gasteiger partial charge in [-0.2, -0.15) is 18.4 Å². The minimum atomic E-state index is -5.23. The van der Waals surface area contributed by atoms with Crippen LogP contribution >= 0.6 is 0 Å². The highest BCUT2D eigenvalue weighted by atomic mass is 19.4. The van der Waals surface area contributed by atoms with E-state index in [0.29, 0.717) is 6.20 Å². The van der Waals surface area contributed by atoms with Crippen LogP contribution in [-0.2, 0) is 12.6 Å². The van der Waals surface area contributed by atoms with E-state index in [9.17, 15) is 26.3 Å². The predicted molar refractivity (Wildman–Crippen MR) is 51.8 cm³/mol. The van der Waals surface area contributed by atoms with Crippen LogP contribution in [0.4, 0.5) is 26.3 Å². The zero-order chi connectivity index (χ0) is 15.6. The average molecular weight is 300 g/mol. The molecule has 0 fully saturated rings. The number of ether oxygens (including phenoxy) is 2. The molecule has 0 N–H and O–H groups in total. The Morgan fingerprint density at radius 2 is 1.85 bits per heavy atom. The maximum atomic E-state index is 12.7. The fraction of sp³-hybridized carbons (Fsp3) is 0.400. The number of hydrogen-bond acceptors (Lipinski definition) is 4. The molecule has 0 saturated heterocycles. The van der Waals surface area contributed by atoms with Crippen molar-refractivity contribution < 1.29 is 35.8 Å². The molecule has 20 heavy (non-hydrogen) atoms. The quantitative estimate of drug-likeness (QED) is 0.805. The van der Waals surface area contributed by atoms with E-state index < -0.39 is 41.7 Å². The Hall–Kier alpha value is -2.18. The highest BCUT2D eigenvalue weighted by Gasteiger charge is 2.40. The van der Waals surface area contributed by atoms with Crippen LogP contribution < -0.4 is 9.47 Å². The van der Waals surface area contributed by atoms with Crippen molar-refractivity contribution in [2.45, 2.75) is 19.0 Å². The van der Waals surface area contributed by atoms with Gasteiger partial charge in [0.05, 0.1) is 25.8 Å². The molecule has 0 aliphatic heterocycles. The normalized spacial score (nSPS) is 11.9. The maximum absolute atomic E-state index is 12.7. The zero-order valence-electron chi connectivity index (χ0n) is 9.76. The molecule has 1 rings (SSSR count). The smallest absolute Gasteiger partial charge is 0.491 e. The van der Waals surface area contributed by atoms with Gasteiger partial charge in [-0.1, -0.05) is 0 Å². The number of nitriles is 1. The number of nitrogens with zero attached hydrogens (tertiary/aromatic N) is 2. The minimum Gasteiger partial charge on any atom is -0.491 e. The summed E-state index contributed by atoms with van der Waals surface area (Å²) in [5.41, 5.74) is -2.66. The van der Waals surface area contributed by atoms with Gasteiger partial charge in [-0.3, -0.25) is 0 Å². The summed E-state index contributed by atoms with van der Waals surface area (Å²) in [4.78, 5) is 2.98. The van der Waals surface area contributed by atoms with E-state index in [4.69, 9.17) is 5.26 Å². The summed E-state index contributed by atoms with van der Waals surface area (Å²) < 4.78 is 82.8. The molecule has 10 heteroatoms. The molecule has 0 saturated carbocycles. The Balaban J connectivity index is 3.54. The lowest BCUT2D eigenvalue weighted by atomic mass is 10.1. The van der Waals surface area contributed by atoms with Gasteiger partial charge in [-0.05, 0) is 0 Å². The summed E-state index contributed by atoms with van der Waals surface area (Å²) in [6, 6.07) is 1.33. The number of rotatable bonds is 3. The van der Waals surface area contributed by atoms with Crippen molar-refractivity contribution in [3.05, 3.63) is 17.5 Å². The Labute approximate surface area is 108 Å². The van der Waals surface area contributed by atoms with Crippen LogP contribution in [0.15, 0.2) is 6.20 Å². The first kappa shape index (κ1) is 15.9. The Morgan fingerprint density at radius 3 is 2.25 bits per heavy atom. The number of alkyl halides is 6. The molecule has 0 atom stereocenters. The summed E-state index contributed by atoms with van der Waals surface area (Å²) in [6.07, 6.45) is -10.8.